The van der Waals surface area contributed by atoms with Crippen molar-refractivity contribution in [3.63, 3.8) is 0 Å². The zero-order chi connectivity index (χ0) is 18.1. The number of carbonyl (C=O) groups excluding carboxylic acids is 2. The molecule has 0 saturated heterocycles. The van der Waals surface area contributed by atoms with E-state index in [-0.39, 0.29) is 23.8 Å². The Labute approximate surface area is 148 Å². The maximum atomic E-state index is 12.4. The smallest absolute Gasteiger partial charge is 0.291 e. The zero-order valence-corrected chi connectivity index (χ0v) is 13.7. The molecule has 2 amide bonds. The number of aromatic nitrogens is 1. The third-order valence-electron chi connectivity index (χ3n) is 4.16. The molecule has 0 unspecified atom stereocenters. The van der Waals surface area contributed by atoms with Crippen LogP contribution in [0.1, 0.15) is 32.2 Å². The van der Waals surface area contributed by atoms with E-state index < -0.39 is 5.91 Å². The van der Waals surface area contributed by atoms with E-state index in [1.54, 1.807) is 48.7 Å². The number of hydrogen-bond acceptors (Lipinski definition) is 4. The number of carbonyl (C=O) groups is 2. The Balaban J connectivity index is 1.49. The molecule has 0 fully saturated rings. The average molecular weight is 349 g/mol. The van der Waals surface area contributed by atoms with Gasteiger partial charge in [0.15, 0.2) is 5.76 Å². The van der Waals surface area contributed by atoms with Crippen LogP contribution < -0.4 is 16.2 Å². The van der Waals surface area contributed by atoms with Gasteiger partial charge in [-0.3, -0.25) is 14.4 Å². The van der Waals surface area contributed by atoms with E-state index >= 15 is 0 Å². The summed E-state index contributed by atoms with van der Waals surface area (Å²) in [5.74, 6) is 0.0606. The van der Waals surface area contributed by atoms with Crippen molar-refractivity contribution in [3.05, 3.63) is 87.7 Å². The van der Waals surface area contributed by atoms with E-state index in [2.05, 4.69) is 10.6 Å². The molecule has 0 spiro atoms. The lowest BCUT2D eigenvalue weighted by molar-refractivity contribution is 0.0963. The van der Waals surface area contributed by atoms with Gasteiger partial charge in [0.25, 0.3) is 17.4 Å². The second-order valence-corrected chi connectivity index (χ2v) is 5.94. The summed E-state index contributed by atoms with van der Waals surface area (Å²) in [6.07, 6.45) is 1.65. The summed E-state index contributed by atoms with van der Waals surface area (Å²) >= 11 is 0. The van der Waals surface area contributed by atoms with Crippen LogP contribution >= 0.6 is 0 Å². The Hall–Kier alpha value is -3.61. The van der Waals surface area contributed by atoms with Gasteiger partial charge < -0.3 is 19.6 Å². The van der Waals surface area contributed by atoms with Gasteiger partial charge in [-0.25, -0.2) is 0 Å². The van der Waals surface area contributed by atoms with Gasteiger partial charge in [-0.15, -0.1) is 0 Å². The van der Waals surface area contributed by atoms with Crippen molar-refractivity contribution in [1.82, 2.24) is 9.88 Å². The minimum absolute atomic E-state index is 0.133. The van der Waals surface area contributed by atoms with Gasteiger partial charge in [-0.1, -0.05) is 12.1 Å². The average Bonchev–Trinajstić information content (AvgIpc) is 3.24. The lowest BCUT2D eigenvalue weighted by Gasteiger charge is -2.05. The molecule has 2 aromatic heterocycles. The number of anilines is 1. The van der Waals surface area contributed by atoms with Crippen LogP contribution in [0.15, 0.2) is 63.9 Å². The highest BCUT2D eigenvalue weighted by atomic mass is 16.4. The molecule has 26 heavy (non-hydrogen) atoms. The summed E-state index contributed by atoms with van der Waals surface area (Å²) in [4.78, 5) is 35.8. The molecular formula is C19H15N3O4. The highest BCUT2D eigenvalue weighted by Crippen LogP contribution is 2.21. The minimum Gasteiger partial charge on any atom is -0.454 e. The lowest BCUT2D eigenvalue weighted by Crippen LogP contribution is -2.18. The first kappa shape index (κ1) is 15.9. The van der Waals surface area contributed by atoms with Crippen LogP contribution in [0.3, 0.4) is 0 Å². The normalized spacial score (nSPS) is 12.5. The molecule has 3 heterocycles. The first-order valence-electron chi connectivity index (χ1n) is 8.07. The third kappa shape index (κ3) is 3.02. The minimum atomic E-state index is -0.421. The molecule has 4 rings (SSSR count). The number of rotatable bonds is 4. The Kier molecular flexibility index (Phi) is 3.89. The van der Waals surface area contributed by atoms with E-state index in [9.17, 15) is 14.4 Å². The van der Waals surface area contributed by atoms with Crippen LogP contribution in [-0.2, 0) is 13.1 Å². The first-order valence-corrected chi connectivity index (χ1v) is 8.07. The topological polar surface area (TPSA) is 93.3 Å². The van der Waals surface area contributed by atoms with Gasteiger partial charge in [0.1, 0.15) is 5.76 Å². The molecule has 7 nitrogen and oxygen atoms in total. The highest BCUT2D eigenvalue weighted by Gasteiger charge is 2.20. The molecule has 0 radical (unpaired) electrons. The fourth-order valence-electron chi connectivity index (χ4n) is 2.83. The summed E-state index contributed by atoms with van der Waals surface area (Å²) in [6.45, 7) is 0.745. The SMILES string of the molecule is O=C(Nc1ccc2c(c1)C(=O)NC2)c1ccc(Cn2ccccc2=O)o1. The standard InChI is InChI=1S/C19H15N3O4/c23-17-3-1-2-8-22(17)11-14-6-7-16(26-14)19(25)21-13-5-4-12-10-20-18(24)15(12)9-13/h1-9H,10-11H2,(H,20,24)(H,21,25). The lowest BCUT2D eigenvalue weighted by atomic mass is 10.1. The molecule has 1 aliphatic rings. The summed E-state index contributed by atoms with van der Waals surface area (Å²) in [6, 6.07) is 13.3. The fraction of sp³-hybridized carbons (Fsp3) is 0.105. The molecule has 2 N–H and O–H groups in total. The van der Waals surface area contributed by atoms with Crippen LogP contribution in [0, 0.1) is 0 Å². The molecule has 0 bridgehead atoms. The number of hydrogen-bond donors (Lipinski definition) is 2. The molecule has 0 atom stereocenters. The number of fused-ring (bicyclic) bond motifs is 1. The van der Waals surface area contributed by atoms with E-state index in [1.165, 1.54) is 10.6 Å². The van der Waals surface area contributed by atoms with Gasteiger partial charge in [0, 0.05) is 30.1 Å². The summed E-state index contributed by atoms with van der Waals surface area (Å²) in [7, 11) is 0. The second kappa shape index (κ2) is 6.36. The van der Waals surface area contributed by atoms with Crippen LogP contribution in [-0.4, -0.2) is 16.4 Å². The fourth-order valence-corrected chi connectivity index (χ4v) is 2.83. The second-order valence-electron chi connectivity index (χ2n) is 5.94. The Morgan fingerprint density at radius 1 is 1.15 bits per heavy atom. The maximum absolute atomic E-state index is 12.4. The van der Waals surface area contributed by atoms with Crippen LogP contribution in [0.25, 0.3) is 0 Å². The molecule has 0 saturated carbocycles. The molecule has 130 valence electrons. The van der Waals surface area contributed by atoms with Crippen molar-refractivity contribution >= 4 is 17.5 Å². The Morgan fingerprint density at radius 3 is 2.88 bits per heavy atom. The monoisotopic (exact) mass is 349 g/mol. The largest absolute Gasteiger partial charge is 0.454 e. The number of furan rings is 1. The molecule has 7 heteroatoms. The van der Waals surface area contributed by atoms with Crippen LogP contribution in [0.2, 0.25) is 0 Å². The van der Waals surface area contributed by atoms with E-state index in [4.69, 9.17) is 4.42 Å². The van der Waals surface area contributed by atoms with Gasteiger partial charge in [-0.05, 0) is 35.9 Å². The van der Waals surface area contributed by atoms with Crippen molar-refractivity contribution in [3.8, 4) is 0 Å². The van der Waals surface area contributed by atoms with Gasteiger partial charge in [0.05, 0.1) is 6.54 Å². The molecule has 1 aromatic carbocycles. The molecule has 1 aliphatic heterocycles. The summed E-state index contributed by atoms with van der Waals surface area (Å²) in [5.41, 5.74) is 1.84. The van der Waals surface area contributed by atoms with Gasteiger partial charge in [-0.2, -0.15) is 0 Å². The summed E-state index contributed by atoms with van der Waals surface area (Å²) in [5, 5.41) is 5.45. The van der Waals surface area contributed by atoms with Crippen LogP contribution in [0.4, 0.5) is 5.69 Å². The third-order valence-corrected chi connectivity index (χ3v) is 4.16. The van der Waals surface area contributed by atoms with Crippen LogP contribution in [0.5, 0.6) is 0 Å². The number of pyridine rings is 1. The zero-order valence-electron chi connectivity index (χ0n) is 13.7. The summed E-state index contributed by atoms with van der Waals surface area (Å²) < 4.78 is 7.03. The number of nitrogens with one attached hydrogen (secondary N) is 2. The Morgan fingerprint density at radius 2 is 2.04 bits per heavy atom. The Bertz CT molecular complexity index is 1060. The predicted octanol–water partition coefficient (Wildman–Crippen LogP) is 1.99. The van der Waals surface area contributed by atoms with Crippen molar-refractivity contribution in [2.45, 2.75) is 13.1 Å². The first-order chi connectivity index (χ1) is 12.6. The highest BCUT2D eigenvalue weighted by molar-refractivity contribution is 6.04. The number of nitrogens with zero attached hydrogens (tertiary/aromatic N) is 1. The van der Waals surface area contributed by atoms with Crippen molar-refractivity contribution in [2.24, 2.45) is 0 Å². The number of benzene rings is 1. The van der Waals surface area contributed by atoms with Crippen molar-refractivity contribution in [2.75, 3.05) is 5.32 Å². The molecule has 3 aromatic rings. The van der Waals surface area contributed by atoms with Crippen molar-refractivity contribution < 1.29 is 14.0 Å². The molecular weight excluding hydrogens is 334 g/mol. The predicted molar refractivity (Wildman–Crippen MR) is 94.1 cm³/mol. The van der Waals surface area contributed by atoms with Gasteiger partial charge in [0.2, 0.25) is 0 Å². The quantitative estimate of drug-likeness (QED) is 0.753. The van der Waals surface area contributed by atoms with Gasteiger partial charge >= 0.3 is 0 Å². The molecule has 0 aliphatic carbocycles. The van der Waals surface area contributed by atoms with E-state index in [0.717, 1.165) is 5.56 Å². The van der Waals surface area contributed by atoms with E-state index in [1.807, 2.05) is 0 Å². The van der Waals surface area contributed by atoms with E-state index in [0.29, 0.717) is 23.6 Å². The van der Waals surface area contributed by atoms with Crippen molar-refractivity contribution in [1.29, 1.82) is 0 Å². The maximum Gasteiger partial charge on any atom is 0.291 e. The number of amides is 2.